The number of aromatic amines is 1. The fraction of sp³-hybridized carbons (Fsp3) is 0.185. The third kappa shape index (κ3) is 5.12. The highest BCUT2D eigenvalue weighted by Crippen LogP contribution is 2.32. The van der Waals surface area contributed by atoms with E-state index in [1.165, 1.54) is 17.7 Å². The maximum atomic E-state index is 13.0. The summed E-state index contributed by atoms with van der Waals surface area (Å²) in [6.45, 7) is 2.38. The predicted octanol–water partition coefficient (Wildman–Crippen LogP) is 5.87. The number of hydrogen-bond acceptors (Lipinski definition) is 4. The van der Waals surface area contributed by atoms with Crippen LogP contribution in [0.5, 0.6) is 5.75 Å². The minimum absolute atomic E-state index is 0.287. The molecule has 0 unspecified atom stereocenters. The SMILES string of the molecule is O=C(Oc1ccc2c(c1)CCN(Cc1ncc[nH]1)C2)c1ccccc1-c1ccc(C(F)(F)F)cc1. The number of alkyl halides is 3. The molecule has 178 valence electrons. The zero-order valence-electron chi connectivity index (χ0n) is 18.7. The quantitative estimate of drug-likeness (QED) is 0.288. The summed E-state index contributed by atoms with van der Waals surface area (Å²) in [4.78, 5) is 22.7. The Morgan fingerprint density at radius 2 is 1.83 bits per heavy atom. The first kappa shape index (κ1) is 22.9. The standard InChI is InChI=1S/C27H22F3N3O2/c28-27(29,30)21-8-5-18(6-9-21)23-3-1-2-4-24(23)26(34)35-22-10-7-20-16-33(14-11-19(20)15-22)17-25-31-12-13-32-25/h1-10,12-13,15H,11,14,16-17H2,(H,31,32). The number of carbonyl (C=O) groups is 1. The van der Waals surface area contributed by atoms with E-state index >= 15 is 0 Å². The van der Waals surface area contributed by atoms with Crippen molar-refractivity contribution in [2.45, 2.75) is 25.7 Å². The van der Waals surface area contributed by atoms with Crippen molar-refractivity contribution in [2.75, 3.05) is 6.54 Å². The van der Waals surface area contributed by atoms with Crippen molar-refractivity contribution < 1.29 is 22.7 Å². The van der Waals surface area contributed by atoms with E-state index in [9.17, 15) is 18.0 Å². The number of aromatic nitrogens is 2. The first-order valence-electron chi connectivity index (χ1n) is 11.2. The van der Waals surface area contributed by atoms with Crippen molar-refractivity contribution in [3.8, 4) is 16.9 Å². The minimum Gasteiger partial charge on any atom is -0.423 e. The molecule has 4 aromatic rings. The zero-order valence-corrected chi connectivity index (χ0v) is 18.7. The molecule has 0 saturated carbocycles. The first-order valence-corrected chi connectivity index (χ1v) is 11.2. The fourth-order valence-electron chi connectivity index (χ4n) is 4.30. The van der Waals surface area contributed by atoms with Crippen LogP contribution in [-0.4, -0.2) is 27.4 Å². The second kappa shape index (κ2) is 9.38. The van der Waals surface area contributed by atoms with Gasteiger partial charge >= 0.3 is 12.1 Å². The van der Waals surface area contributed by atoms with Gasteiger partial charge in [0.05, 0.1) is 17.7 Å². The smallest absolute Gasteiger partial charge is 0.416 e. The van der Waals surface area contributed by atoms with Crippen LogP contribution in [-0.2, 0) is 25.7 Å². The molecule has 5 rings (SSSR count). The summed E-state index contributed by atoms with van der Waals surface area (Å²) in [6, 6.07) is 17.1. The predicted molar refractivity (Wildman–Crippen MR) is 125 cm³/mol. The molecule has 0 fully saturated rings. The number of nitrogens with zero attached hydrogens (tertiary/aromatic N) is 2. The summed E-state index contributed by atoms with van der Waals surface area (Å²) in [6.07, 6.45) is -0.0457. The lowest BCUT2D eigenvalue weighted by atomic mass is 9.98. The Labute approximate surface area is 200 Å². The molecule has 0 aliphatic carbocycles. The zero-order chi connectivity index (χ0) is 24.4. The van der Waals surface area contributed by atoms with Crippen molar-refractivity contribution >= 4 is 5.97 Å². The van der Waals surface area contributed by atoms with E-state index in [1.807, 2.05) is 18.3 Å². The Kier molecular flexibility index (Phi) is 6.13. The van der Waals surface area contributed by atoms with Gasteiger partial charge in [0.1, 0.15) is 11.6 Å². The van der Waals surface area contributed by atoms with Crippen LogP contribution < -0.4 is 4.74 Å². The molecule has 0 spiro atoms. The van der Waals surface area contributed by atoms with E-state index in [2.05, 4.69) is 14.9 Å². The molecule has 0 saturated heterocycles. The summed E-state index contributed by atoms with van der Waals surface area (Å²) in [5.74, 6) is 0.803. The molecule has 1 aliphatic heterocycles. The van der Waals surface area contributed by atoms with Crippen molar-refractivity contribution in [1.82, 2.24) is 14.9 Å². The normalized spacial score (nSPS) is 13.9. The highest BCUT2D eigenvalue weighted by atomic mass is 19.4. The van der Waals surface area contributed by atoms with Gasteiger partial charge in [0.15, 0.2) is 0 Å². The van der Waals surface area contributed by atoms with Crippen molar-refractivity contribution in [2.24, 2.45) is 0 Å². The number of benzene rings is 3. The maximum absolute atomic E-state index is 13.0. The van der Waals surface area contributed by atoms with E-state index < -0.39 is 17.7 Å². The third-order valence-corrected chi connectivity index (χ3v) is 6.08. The summed E-state index contributed by atoms with van der Waals surface area (Å²) < 4.78 is 44.4. The average molecular weight is 477 g/mol. The number of carbonyl (C=O) groups excluding carboxylic acids is 1. The van der Waals surface area contributed by atoms with Gasteiger partial charge in [-0.15, -0.1) is 0 Å². The molecule has 2 heterocycles. The summed E-state index contributed by atoms with van der Waals surface area (Å²) in [5.41, 5.74) is 2.87. The van der Waals surface area contributed by atoms with Crippen LogP contribution >= 0.6 is 0 Å². The number of nitrogens with one attached hydrogen (secondary N) is 1. The Balaban J connectivity index is 1.31. The highest BCUT2D eigenvalue weighted by molar-refractivity contribution is 5.98. The Morgan fingerprint density at radius 3 is 2.57 bits per heavy atom. The van der Waals surface area contributed by atoms with E-state index in [4.69, 9.17) is 4.74 Å². The largest absolute Gasteiger partial charge is 0.423 e. The van der Waals surface area contributed by atoms with Crippen molar-refractivity contribution in [1.29, 1.82) is 0 Å². The van der Waals surface area contributed by atoms with Gasteiger partial charge in [0.2, 0.25) is 0 Å². The van der Waals surface area contributed by atoms with Gasteiger partial charge in [-0.2, -0.15) is 13.2 Å². The number of ether oxygens (including phenoxy) is 1. The second-order valence-electron chi connectivity index (χ2n) is 8.44. The van der Waals surface area contributed by atoms with E-state index in [-0.39, 0.29) is 5.56 Å². The Morgan fingerprint density at radius 1 is 1.03 bits per heavy atom. The van der Waals surface area contributed by atoms with Gasteiger partial charge in [-0.3, -0.25) is 4.90 Å². The number of fused-ring (bicyclic) bond motifs is 1. The molecular weight excluding hydrogens is 455 g/mol. The number of imidazole rings is 1. The molecule has 35 heavy (non-hydrogen) atoms. The van der Waals surface area contributed by atoms with Crippen molar-refractivity contribution in [3.05, 3.63) is 107 Å². The lowest BCUT2D eigenvalue weighted by Crippen LogP contribution is -2.30. The highest BCUT2D eigenvalue weighted by Gasteiger charge is 2.30. The maximum Gasteiger partial charge on any atom is 0.416 e. The first-order chi connectivity index (χ1) is 16.9. The van der Waals surface area contributed by atoms with Crippen LogP contribution in [0.2, 0.25) is 0 Å². The summed E-state index contributed by atoms with van der Waals surface area (Å²) >= 11 is 0. The van der Waals surface area contributed by atoms with Gasteiger partial charge in [0.25, 0.3) is 0 Å². The lowest BCUT2D eigenvalue weighted by molar-refractivity contribution is -0.137. The topological polar surface area (TPSA) is 58.2 Å². The average Bonchev–Trinajstić information content (AvgIpc) is 3.37. The molecule has 0 bridgehead atoms. The van der Waals surface area contributed by atoms with E-state index in [0.29, 0.717) is 16.9 Å². The summed E-state index contributed by atoms with van der Waals surface area (Å²) in [5, 5.41) is 0. The van der Waals surface area contributed by atoms with Gasteiger partial charge in [0, 0.05) is 25.5 Å². The van der Waals surface area contributed by atoms with E-state index in [1.54, 1.807) is 36.5 Å². The van der Waals surface area contributed by atoms with E-state index in [0.717, 1.165) is 49.6 Å². The van der Waals surface area contributed by atoms with Gasteiger partial charge < -0.3 is 9.72 Å². The molecule has 1 N–H and O–H groups in total. The molecule has 3 aromatic carbocycles. The molecule has 0 amide bonds. The Bertz CT molecular complexity index is 1330. The van der Waals surface area contributed by atoms with Crippen LogP contribution in [0.15, 0.2) is 79.1 Å². The number of halogens is 3. The minimum atomic E-state index is -4.42. The Hall–Kier alpha value is -3.91. The molecule has 1 aliphatic rings. The fourth-order valence-corrected chi connectivity index (χ4v) is 4.30. The van der Waals surface area contributed by atoms with Crippen molar-refractivity contribution in [3.63, 3.8) is 0 Å². The van der Waals surface area contributed by atoms with Gasteiger partial charge in [-0.05, 0) is 59.0 Å². The monoisotopic (exact) mass is 477 g/mol. The molecule has 0 atom stereocenters. The van der Waals surface area contributed by atoms with Crippen LogP contribution in [0.25, 0.3) is 11.1 Å². The molecule has 8 heteroatoms. The third-order valence-electron chi connectivity index (χ3n) is 6.08. The lowest BCUT2D eigenvalue weighted by Gasteiger charge is -2.28. The van der Waals surface area contributed by atoms with Gasteiger partial charge in [-0.25, -0.2) is 9.78 Å². The van der Waals surface area contributed by atoms with Crippen LogP contribution in [0.4, 0.5) is 13.2 Å². The molecule has 0 radical (unpaired) electrons. The number of H-pyrrole nitrogens is 1. The van der Waals surface area contributed by atoms with Crippen LogP contribution in [0.3, 0.4) is 0 Å². The van der Waals surface area contributed by atoms with Crippen LogP contribution in [0.1, 0.15) is 32.9 Å². The number of hydrogen-bond donors (Lipinski definition) is 1. The molecule has 1 aromatic heterocycles. The molecule has 5 nitrogen and oxygen atoms in total. The van der Waals surface area contributed by atoms with Crippen LogP contribution in [0, 0.1) is 0 Å². The molecular formula is C27H22F3N3O2. The number of rotatable bonds is 5. The number of esters is 1. The second-order valence-corrected chi connectivity index (χ2v) is 8.44. The van der Waals surface area contributed by atoms with Gasteiger partial charge in [-0.1, -0.05) is 36.4 Å². The summed E-state index contributed by atoms with van der Waals surface area (Å²) in [7, 11) is 0.